The Hall–Kier alpha value is -0.910. The van der Waals surface area contributed by atoms with Gasteiger partial charge in [0.05, 0.1) is 0 Å². The lowest BCUT2D eigenvalue weighted by atomic mass is 10.1. The van der Waals surface area contributed by atoms with Crippen LogP contribution in [0.15, 0.2) is 34.2 Å². The topological polar surface area (TPSA) is 50.9 Å². The van der Waals surface area contributed by atoms with Gasteiger partial charge in [-0.05, 0) is 46.6 Å². The highest BCUT2D eigenvalue weighted by Crippen LogP contribution is 2.28. The molecule has 0 aliphatic carbocycles. The van der Waals surface area contributed by atoms with Crippen molar-refractivity contribution in [3.05, 3.63) is 44.7 Å². The van der Waals surface area contributed by atoms with Crippen molar-refractivity contribution in [1.29, 1.82) is 0 Å². The predicted octanol–water partition coefficient (Wildman–Crippen LogP) is 3.38. The van der Waals surface area contributed by atoms with Crippen LogP contribution in [0.5, 0.6) is 0 Å². The molecule has 0 saturated carbocycles. The fourth-order valence-electron chi connectivity index (χ4n) is 1.87. The summed E-state index contributed by atoms with van der Waals surface area (Å²) >= 11 is 5.25. The minimum absolute atomic E-state index is 0.290. The normalized spacial score (nSPS) is 12.6. The summed E-state index contributed by atoms with van der Waals surface area (Å²) in [5.41, 5.74) is 6.99. The fraction of sp³-hybridized carbons (Fsp3) is 0.308. The maximum absolute atomic E-state index is 5.90. The highest BCUT2D eigenvalue weighted by atomic mass is 79.9. The van der Waals surface area contributed by atoms with Crippen LogP contribution in [0.25, 0.3) is 0 Å². The third-order valence-corrected chi connectivity index (χ3v) is 4.54. The fourth-order valence-corrected chi connectivity index (χ4v) is 3.40. The Morgan fingerprint density at radius 3 is 3.00 bits per heavy atom. The minimum Gasteiger partial charge on any atom is -0.383 e. The van der Waals surface area contributed by atoms with E-state index in [9.17, 15) is 0 Å². The molecular weight excluding hydrogens is 310 g/mol. The molecule has 0 aromatic carbocycles. The molecule has 96 valence electrons. The van der Waals surface area contributed by atoms with Gasteiger partial charge in [-0.1, -0.05) is 13.0 Å². The van der Waals surface area contributed by atoms with Gasteiger partial charge >= 0.3 is 0 Å². The van der Waals surface area contributed by atoms with Crippen LogP contribution in [0.2, 0.25) is 0 Å². The van der Waals surface area contributed by atoms with E-state index in [4.69, 9.17) is 5.73 Å². The SMILES string of the molecule is CCNC(Cc1cccnc1N)c1cc(Br)cs1. The van der Waals surface area contributed by atoms with Gasteiger partial charge in [0.2, 0.25) is 0 Å². The van der Waals surface area contributed by atoms with E-state index in [1.165, 1.54) is 4.88 Å². The highest BCUT2D eigenvalue weighted by molar-refractivity contribution is 9.10. The van der Waals surface area contributed by atoms with E-state index < -0.39 is 0 Å². The molecule has 0 aliphatic rings. The average molecular weight is 326 g/mol. The summed E-state index contributed by atoms with van der Waals surface area (Å²) < 4.78 is 1.13. The first-order valence-electron chi connectivity index (χ1n) is 5.87. The largest absolute Gasteiger partial charge is 0.383 e. The Balaban J connectivity index is 2.19. The quantitative estimate of drug-likeness (QED) is 0.886. The van der Waals surface area contributed by atoms with Crippen molar-refractivity contribution in [3.63, 3.8) is 0 Å². The van der Waals surface area contributed by atoms with Crippen LogP contribution in [0.3, 0.4) is 0 Å². The molecule has 1 unspecified atom stereocenters. The van der Waals surface area contributed by atoms with Gasteiger partial charge in [-0.15, -0.1) is 11.3 Å². The van der Waals surface area contributed by atoms with Crippen molar-refractivity contribution >= 4 is 33.1 Å². The Morgan fingerprint density at radius 1 is 1.56 bits per heavy atom. The molecule has 1 atom stereocenters. The van der Waals surface area contributed by atoms with E-state index in [2.05, 4.69) is 44.6 Å². The summed E-state index contributed by atoms with van der Waals surface area (Å²) in [6, 6.07) is 6.41. The van der Waals surface area contributed by atoms with Gasteiger partial charge < -0.3 is 11.1 Å². The van der Waals surface area contributed by atoms with Crippen LogP contribution in [-0.2, 0) is 6.42 Å². The third-order valence-electron chi connectivity index (χ3n) is 2.73. The molecule has 2 heterocycles. The zero-order valence-corrected chi connectivity index (χ0v) is 12.6. The Bertz CT molecular complexity index is 512. The van der Waals surface area contributed by atoms with Crippen LogP contribution in [0, 0.1) is 0 Å². The van der Waals surface area contributed by atoms with E-state index >= 15 is 0 Å². The summed E-state index contributed by atoms with van der Waals surface area (Å²) in [5, 5.41) is 5.60. The van der Waals surface area contributed by atoms with Crippen LogP contribution in [0.1, 0.15) is 23.4 Å². The number of nitrogens with two attached hydrogens (primary N) is 1. The van der Waals surface area contributed by atoms with Crippen molar-refractivity contribution in [3.8, 4) is 0 Å². The van der Waals surface area contributed by atoms with E-state index in [0.717, 1.165) is 23.0 Å². The van der Waals surface area contributed by atoms with E-state index in [1.807, 2.05) is 12.1 Å². The van der Waals surface area contributed by atoms with Crippen LogP contribution in [0.4, 0.5) is 5.82 Å². The molecule has 0 fully saturated rings. The third kappa shape index (κ3) is 3.31. The van der Waals surface area contributed by atoms with E-state index in [-0.39, 0.29) is 6.04 Å². The highest BCUT2D eigenvalue weighted by Gasteiger charge is 2.14. The van der Waals surface area contributed by atoms with Gasteiger partial charge in [0.25, 0.3) is 0 Å². The van der Waals surface area contributed by atoms with Crippen LogP contribution >= 0.6 is 27.3 Å². The number of pyridine rings is 1. The zero-order chi connectivity index (χ0) is 13.0. The van der Waals surface area contributed by atoms with Gasteiger partial charge in [0.1, 0.15) is 5.82 Å². The number of halogens is 1. The maximum Gasteiger partial charge on any atom is 0.126 e. The summed E-state index contributed by atoms with van der Waals surface area (Å²) in [5.74, 6) is 0.621. The number of hydrogen-bond acceptors (Lipinski definition) is 4. The lowest BCUT2D eigenvalue weighted by molar-refractivity contribution is 0.558. The first-order chi connectivity index (χ1) is 8.70. The molecule has 2 aromatic rings. The molecule has 5 heteroatoms. The summed E-state index contributed by atoms with van der Waals surface area (Å²) in [6.07, 6.45) is 2.59. The second kappa shape index (κ2) is 6.31. The molecule has 0 aliphatic heterocycles. The lowest BCUT2D eigenvalue weighted by Crippen LogP contribution is -2.22. The number of anilines is 1. The first-order valence-corrected chi connectivity index (χ1v) is 7.54. The Labute approximate surface area is 120 Å². The summed E-state index contributed by atoms with van der Waals surface area (Å²) in [6.45, 7) is 3.04. The molecule has 3 N–H and O–H groups in total. The van der Waals surface area contributed by atoms with E-state index in [0.29, 0.717) is 5.82 Å². The molecule has 0 bridgehead atoms. The zero-order valence-electron chi connectivity index (χ0n) is 10.2. The maximum atomic E-state index is 5.90. The van der Waals surface area contributed by atoms with Crippen molar-refractivity contribution in [2.75, 3.05) is 12.3 Å². The molecular formula is C13H16BrN3S. The van der Waals surface area contributed by atoms with Gasteiger partial charge in [0.15, 0.2) is 0 Å². The molecule has 3 nitrogen and oxygen atoms in total. The number of thiophene rings is 1. The van der Waals surface area contributed by atoms with Crippen molar-refractivity contribution < 1.29 is 0 Å². The van der Waals surface area contributed by atoms with Crippen molar-refractivity contribution in [1.82, 2.24) is 10.3 Å². The molecule has 18 heavy (non-hydrogen) atoms. The minimum atomic E-state index is 0.290. The van der Waals surface area contributed by atoms with Crippen molar-refractivity contribution in [2.45, 2.75) is 19.4 Å². The second-order valence-corrected chi connectivity index (χ2v) is 5.89. The molecule has 0 saturated heterocycles. The molecule has 0 spiro atoms. The summed E-state index contributed by atoms with van der Waals surface area (Å²) in [7, 11) is 0. The van der Waals surface area contributed by atoms with Crippen molar-refractivity contribution in [2.24, 2.45) is 0 Å². The second-order valence-electron chi connectivity index (χ2n) is 4.03. The average Bonchev–Trinajstić information content (AvgIpc) is 2.78. The standard InChI is InChI=1S/C13H16BrN3S/c1-2-16-11(12-7-10(14)8-18-12)6-9-4-3-5-17-13(9)15/h3-5,7-8,11,16H,2,6H2,1H3,(H2,15,17). The van der Waals surface area contributed by atoms with E-state index in [1.54, 1.807) is 17.5 Å². The smallest absolute Gasteiger partial charge is 0.126 e. The molecule has 0 amide bonds. The summed E-state index contributed by atoms with van der Waals surface area (Å²) in [4.78, 5) is 5.45. The Morgan fingerprint density at radius 2 is 2.39 bits per heavy atom. The molecule has 2 aromatic heterocycles. The molecule has 0 radical (unpaired) electrons. The number of nitrogen functional groups attached to an aromatic ring is 1. The van der Waals surface area contributed by atoms with Crippen LogP contribution in [-0.4, -0.2) is 11.5 Å². The monoisotopic (exact) mass is 325 g/mol. The first kappa shape index (κ1) is 13.5. The lowest BCUT2D eigenvalue weighted by Gasteiger charge is -2.17. The molecule has 2 rings (SSSR count). The number of hydrogen-bond donors (Lipinski definition) is 2. The number of nitrogens with one attached hydrogen (secondary N) is 1. The number of rotatable bonds is 5. The van der Waals surface area contributed by atoms with Gasteiger partial charge in [-0.3, -0.25) is 0 Å². The van der Waals surface area contributed by atoms with Gasteiger partial charge in [0, 0.05) is 27.0 Å². The number of aromatic nitrogens is 1. The number of likely N-dealkylation sites (N-methyl/N-ethyl adjacent to an activating group) is 1. The predicted molar refractivity (Wildman–Crippen MR) is 80.8 cm³/mol. The van der Waals surface area contributed by atoms with Gasteiger partial charge in [-0.2, -0.15) is 0 Å². The number of nitrogens with zero attached hydrogens (tertiary/aromatic N) is 1. The van der Waals surface area contributed by atoms with Gasteiger partial charge in [-0.25, -0.2) is 4.98 Å². The van der Waals surface area contributed by atoms with Crippen LogP contribution < -0.4 is 11.1 Å². The Kier molecular flexibility index (Phi) is 4.74.